The van der Waals surface area contributed by atoms with Crippen LogP contribution in [0.4, 0.5) is 0 Å². The van der Waals surface area contributed by atoms with Crippen LogP contribution < -0.4 is 0 Å². The molecule has 2 heteroatoms. The van der Waals surface area contributed by atoms with E-state index in [-0.39, 0.29) is 17.6 Å². The van der Waals surface area contributed by atoms with Crippen LogP contribution >= 0.6 is 0 Å². The zero-order valence-electron chi connectivity index (χ0n) is 14.7. The molecule has 0 radical (unpaired) electrons. The Morgan fingerprint density at radius 2 is 2.14 bits per heavy atom. The van der Waals surface area contributed by atoms with Crippen molar-refractivity contribution < 1.29 is 9.84 Å². The van der Waals surface area contributed by atoms with Crippen molar-refractivity contribution in [1.29, 1.82) is 0 Å². The lowest BCUT2D eigenvalue weighted by Gasteiger charge is -2.25. The molecule has 0 aromatic heterocycles. The predicted octanol–water partition coefficient (Wildman–Crippen LogP) is 4.95. The molecule has 0 saturated carbocycles. The molecule has 2 rings (SSSR count). The Morgan fingerprint density at radius 3 is 2.82 bits per heavy atom. The van der Waals surface area contributed by atoms with Gasteiger partial charge in [-0.25, -0.2) is 0 Å². The minimum Gasteiger partial charge on any atom is -0.392 e. The van der Waals surface area contributed by atoms with Crippen molar-refractivity contribution in [1.82, 2.24) is 0 Å². The number of hydrogen-bond acceptors (Lipinski definition) is 2. The standard InChI is InChI=1S/C20H32O2/c1-16(2)7-5-11-19(3)12-6-13-20(4)18(22-20)9-8-17(15-21)10-14-19/h6-7,10,12,18,21H,5,8-9,11,13-15H2,1-4H3/b12-6-,17-10+. The summed E-state index contributed by atoms with van der Waals surface area (Å²) < 4.78 is 5.88. The molecular weight excluding hydrogens is 272 g/mol. The van der Waals surface area contributed by atoms with E-state index < -0.39 is 0 Å². The lowest BCUT2D eigenvalue weighted by atomic mass is 9.80. The average molecular weight is 304 g/mol. The van der Waals surface area contributed by atoms with Gasteiger partial charge in [-0.15, -0.1) is 0 Å². The zero-order valence-corrected chi connectivity index (χ0v) is 14.7. The molecule has 1 N–H and O–H groups in total. The van der Waals surface area contributed by atoms with E-state index in [9.17, 15) is 5.11 Å². The van der Waals surface area contributed by atoms with Crippen LogP contribution in [0.5, 0.6) is 0 Å². The molecule has 2 aliphatic rings. The minimum atomic E-state index is 0.0300. The zero-order chi connectivity index (χ0) is 16.2. The maximum absolute atomic E-state index is 9.59. The molecule has 0 aromatic carbocycles. The van der Waals surface area contributed by atoms with E-state index in [1.54, 1.807) is 0 Å². The van der Waals surface area contributed by atoms with Crippen molar-refractivity contribution in [2.45, 2.75) is 77.9 Å². The van der Waals surface area contributed by atoms with E-state index in [0.717, 1.165) is 38.5 Å². The SMILES string of the molecule is CC(C)=CCCC1(C)/C=C\CC2(C)OC2CC/C(CO)=C\C1. The first-order valence-corrected chi connectivity index (χ1v) is 8.64. The van der Waals surface area contributed by atoms with E-state index in [4.69, 9.17) is 4.74 Å². The third-order valence-electron chi connectivity index (χ3n) is 5.13. The topological polar surface area (TPSA) is 32.8 Å². The van der Waals surface area contributed by atoms with Crippen molar-refractivity contribution in [2.75, 3.05) is 6.61 Å². The highest BCUT2D eigenvalue weighted by molar-refractivity contribution is 5.14. The summed E-state index contributed by atoms with van der Waals surface area (Å²) in [6.07, 6.45) is 15.9. The fourth-order valence-corrected chi connectivity index (χ4v) is 3.30. The molecule has 1 aliphatic heterocycles. The van der Waals surface area contributed by atoms with Crippen LogP contribution in [0.25, 0.3) is 0 Å². The number of hydrogen-bond donors (Lipinski definition) is 1. The first-order valence-electron chi connectivity index (χ1n) is 8.64. The van der Waals surface area contributed by atoms with Gasteiger partial charge in [-0.1, -0.05) is 36.8 Å². The molecule has 0 spiro atoms. The van der Waals surface area contributed by atoms with E-state index in [1.807, 2.05) is 0 Å². The van der Waals surface area contributed by atoms with Crippen LogP contribution in [0.1, 0.15) is 66.2 Å². The highest BCUT2D eigenvalue weighted by atomic mass is 16.6. The highest BCUT2D eigenvalue weighted by Crippen LogP contribution is 2.44. The van der Waals surface area contributed by atoms with Crippen LogP contribution in [-0.4, -0.2) is 23.4 Å². The molecule has 1 aliphatic carbocycles. The molecule has 0 bridgehead atoms. The van der Waals surface area contributed by atoms with Gasteiger partial charge in [0.05, 0.1) is 18.3 Å². The fourth-order valence-electron chi connectivity index (χ4n) is 3.30. The van der Waals surface area contributed by atoms with Gasteiger partial charge in [0.2, 0.25) is 0 Å². The normalized spacial score (nSPS) is 39.0. The predicted molar refractivity (Wildman–Crippen MR) is 92.8 cm³/mol. The maximum atomic E-state index is 9.59. The lowest BCUT2D eigenvalue weighted by Crippen LogP contribution is -2.13. The highest BCUT2D eigenvalue weighted by Gasteiger charge is 2.50. The molecule has 1 fully saturated rings. The Labute approximate surface area is 136 Å². The maximum Gasteiger partial charge on any atom is 0.0954 e. The molecule has 3 unspecified atom stereocenters. The van der Waals surface area contributed by atoms with Crippen molar-refractivity contribution in [2.24, 2.45) is 5.41 Å². The Morgan fingerprint density at radius 1 is 1.36 bits per heavy atom. The number of ether oxygens (including phenoxy) is 1. The summed E-state index contributed by atoms with van der Waals surface area (Å²) in [5.41, 5.74) is 2.75. The van der Waals surface area contributed by atoms with Crippen LogP contribution in [-0.2, 0) is 4.74 Å². The summed E-state index contributed by atoms with van der Waals surface area (Å²) in [6.45, 7) is 9.04. The summed E-state index contributed by atoms with van der Waals surface area (Å²) in [5.74, 6) is 0. The summed E-state index contributed by atoms with van der Waals surface area (Å²) in [6, 6.07) is 0. The van der Waals surface area contributed by atoms with E-state index in [0.29, 0.717) is 6.10 Å². The van der Waals surface area contributed by atoms with Crippen LogP contribution in [0.3, 0.4) is 0 Å². The molecule has 1 saturated heterocycles. The Balaban J connectivity index is 2.11. The molecule has 22 heavy (non-hydrogen) atoms. The summed E-state index contributed by atoms with van der Waals surface area (Å²) in [4.78, 5) is 0. The number of aliphatic hydroxyl groups is 1. The van der Waals surface area contributed by atoms with E-state index in [2.05, 4.69) is 52.0 Å². The van der Waals surface area contributed by atoms with Crippen molar-refractivity contribution in [3.63, 3.8) is 0 Å². The molecule has 0 amide bonds. The Hall–Kier alpha value is -0.860. The second-order valence-corrected chi connectivity index (χ2v) is 7.76. The number of rotatable bonds is 4. The van der Waals surface area contributed by atoms with Crippen molar-refractivity contribution >= 4 is 0 Å². The Kier molecular flexibility index (Phi) is 5.68. The lowest BCUT2D eigenvalue weighted by molar-refractivity contribution is 0.300. The second kappa shape index (κ2) is 7.14. The van der Waals surface area contributed by atoms with Gasteiger partial charge >= 0.3 is 0 Å². The molecule has 3 atom stereocenters. The van der Waals surface area contributed by atoms with E-state index in [1.165, 1.54) is 11.1 Å². The minimum absolute atomic E-state index is 0.0300. The van der Waals surface area contributed by atoms with Crippen molar-refractivity contribution in [3.8, 4) is 0 Å². The monoisotopic (exact) mass is 304 g/mol. The molecule has 1 heterocycles. The number of epoxide rings is 1. The van der Waals surface area contributed by atoms with Gasteiger partial charge in [0.1, 0.15) is 0 Å². The summed E-state index contributed by atoms with van der Waals surface area (Å²) in [5, 5.41) is 9.59. The quantitative estimate of drug-likeness (QED) is 0.589. The Bertz CT molecular complexity index is 470. The first-order chi connectivity index (χ1) is 10.4. The summed E-state index contributed by atoms with van der Waals surface area (Å²) in [7, 11) is 0. The van der Waals surface area contributed by atoms with Gasteiger partial charge in [-0.3, -0.25) is 0 Å². The third-order valence-corrected chi connectivity index (χ3v) is 5.13. The van der Waals surface area contributed by atoms with Gasteiger partial charge in [0.15, 0.2) is 0 Å². The second-order valence-electron chi connectivity index (χ2n) is 7.76. The van der Waals surface area contributed by atoms with Gasteiger partial charge < -0.3 is 9.84 Å². The van der Waals surface area contributed by atoms with Gasteiger partial charge in [0.25, 0.3) is 0 Å². The van der Waals surface area contributed by atoms with Crippen LogP contribution in [0.2, 0.25) is 0 Å². The van der Waals surface area contributed by atoms with Gasteiger partial charge in [0, 0.05) is 0 Å². The van der Waals surface area contributed by atoms with Gasteiger partial charge in [-0.05, 0) is 70.3 Å². The summed E-state index contributed by atoms with van der Waals surface area (Å²) >= 11 is 0. The molecular formula is C20H32O2. The molecule has 0 aromatic rings. The van der Waals surface area contributed by atoms with Crippen LogP contribution in [0, 0.1) is 5.41 Å². The number of fused-ring (bicyclic) bond motifs is 1. The molecule has 2 nitrogen and oxygen atoms in total. The van der Waals surface area contributed by atoms with Gasteiger partial charge in [-0.2, -0.15) is 0 Å². The van der Waals surface area contributed by atoms with Crippen LogP contribution in [0.15, 0.2) is 35.5 Å². The smallest absolute Gasteiger partial charge is 0.0954 e. The molecule has 124 valence electrons. The largest absolute Gasteiger partial charge is 0.392 e. The first kappa shape index (κ1) is 17.5. The average Bonchev–Trinajstić information content (AvgIpc) is 3.08. The van der Waals surface area contributed by atoms with Crippen molar-refractivity contribution in [3.05, 3.63) is 35.5 Å². The number of aliphatic hydroxyl groups excluding tert-OH is 1. The fraction of sp³-hybridized carbons (Fsp3) is 0.700. The van der Waals surface area contributed by atoms with E-state index >= 15 is 0 Å². The number of allylic oxidation sites excluding steroid dienone is 4. The third kappa shape index (κ3) is 4.82.